The third-order valence-electron chi connectivity index (χ3n) is 3.68. The summed E-state index contributed by atoms with van der Waals surface area (Å²) in [5, 5.41) is 10.0. The Morgan fingerprint density at radius 1 is 1.05 bits per heavy atom. The van der Waals surface area contributed by atoms with Gasteiger partial charge in [-0.05, 0) is 18.6 Å². The highest BCUT2D eigenvalue weighted by Crippen LogP contribution is 2.48. The van der Waals surface area contributed by atoms with E-state index in [1.54, 1.807) is 18.7 Å². The van der Waals surface area contributed by atoms with Crippen LogP contribution in [0.15, 0.2) is 59.5 Å². The maximum Gasteiger partial charge on any atom is 0.171 e. The van der Waals surface area contributed by atoms with Crippen molar-refractivity contribution in [3.8, 4) is 0 Å². The zero-order valence-corrected chi connectivity index (χ0v) is 12.0. The number of fused-ring (bicyclic) bond motifs is 1. The number of carbonyl (C=O) groups excluding carboxylic acids is 1. The van der Waals surface area contributed by atoms with Gasteiger partial charge in [0.2, 0.25) is 0 Å². The minimum absolute atomic E-state index is 0.0291. The lowest BCUT2D eigenvalue weighted by Gasteiger charge is -2.33. The standard InChI is InChI=1S/C17H16O2S/c1-11(18)15-16(19)13-9-5-6-10-14(13)20-17(15)12-7-3-2-4-8-12/h2-11,15,17-18H,1H3/t11-,15-,17-/m1/s1. The van der Waals surface area contributed by atoms with E-state index in [0.717, 1.165) is 16.0 Å². The van der Waals surface area contributed by atoms with E-state index in [4.69, 9.17) is 0 Å². The van der Waals surface area contributed by atoms with Crippen molar-refractivity contribution >= 4 is 17.5 Å². The summed E-state index contributed by atoms with van der Waals surface area (Å²) in [6.45, 7) is 1.70. The topological polar surface area (TPSA) is 37.3 Å². The molecule has 0 aliphatic carbocycles. The van der Waals surface area contributed by atoms with Crippen molar-refractivity contribution in [1.29, 1.82) is 0 Å². The minimum atomic E-state index is -0.659. The van der Waals surface area contributed by atoms with Crippen molar-refractivity contribution in [1.82, 2.24) is 0 Å². The second kappa shape index (κ2) is 5.43. The molecule has 1 aliphatic rings. The largest absolute Gasteiger partial charge is 0.393 e. The van der Waals surface area contributed by atoms with Crippen molar-refractivity contribution in [3.63, 3.8) is 0 Å². The molecule has 2 aromatic carbocycles. The summed E-state index contributed by atoms with van der Waals surface area (Å²) in [4.78, 5) is 13.7. The van der Waals surface area contributed by atoms with E-state index in [2.05, 4.69) is 0 Å². The van der Waals surface area contributed by atoms with E-state index in [9.17, 15) is 9.90 Å². The first-order chi connectivity index (χ1) is 9.68. The van der Waals surface area contributed by atoms with Crippen LogP contribution in [0.5, 0.6) is 0 Å². The molecular weight excluding hydrogens is 268 g/mol. The van der Waals surface area contributed by atoms with Gasteiger partial charge in [-0.3, -0.25) is 4.79 Å². The molecule has 1 N–H and O–H groups in total. The summed E-state index contributed by atoms with van der Waals surface area (Å²) in [6.07, 6.45) is -0.659. The van der Waals surface area contributed by atoms with Crippen LogP contribution >= 0.6 is 11.8 Å². The minimum Gasteiger partial charge on any atom is -0.393 e. The van der Waals surface area contributed by atoms with E-state index in [1.165, 1.54) is 0 Å². The van der Waals surface area contributed by atoms with Crippen LogP contribution in [0.3, 0.4) is 0 Å². The number of carbonyl (C=O) groups is 1. The van der Waals surface area contributed by atoms with Gasteiger partial charge in [-0.25, -0.2) is 0 Å². The molecule has 0 saturated carbocycles. The highest BCUT2D eigenvalue weighted by atomic mass is 32.2. The van der Waals surface area contributed by atoms with Crippen LogP contribution in [0.2, 0.25) is 0 Å². The van der Waals surface area contributed by atoms with Gasteiger partial charge >= 0.3 is 0 Å². The third kappa shape index (κ3) is 2.28. The molecule has 0 radical (unpaired) electrons. The normalized spacial score (nSPS) is 23.2. The molecule has 3 atom stereocenters. The molecule has 3 heteroatoms. The predicted molar refractivity (Wildman–Crippen MR) is 81.0 cm³/mol. The van der Waals surface area contributed by atoms with Gasteiger partial charge in [0.15, 0.2) is 5.78 Å². The average Bonchev–Trinajstić information content (AvgIpc) is 2.47. The van der Waals surface area contributed by atoms with Gasteiger partial charge in [-0.2, -0.15) is 0 Å². The number of aliphatic hydroxyl groups excluding tert-OH is 1. The molecule has 2 aromatic rings. The summed E-state index contributed by atoms with van der Waals surface area (Å²) < 4.78 is 0. The highest BCUT2D eigenvalue weighted by Gasteiger charge is 2.39. The fourth-order valence-electron chi connectivity index (χ4n) is 2.69. The lowest BCUT2D eigenvalue weighted by molar-refractivity contribution is 0.0711. The molecule has 0 amide bonds. The smallest absolute Gasteiger partial charge is 0.171 e. The summed E-state index contributed by atoms with van der Waals surface area (Å²) in [5.74, 6) is -0.347. The lowest BCUT2D eigenvalue weighted by Crippen LogP contribution is -2.33. The molecule has 1 aliphatic heterocycles. The van der Waals surface area contributed by atoms with E-state index in [0.29, 0.717) is 0 Å². The van der Waals surface area contributed by atoms with Gasteiger partial charge in [0, 0.05) is 15.7 Å². The Hall–Kier alpha value is -1.58. The quantitative estimate of drug-likeness (QED) is 0.913. The van der Waals surface area contributed by atoms with E-state index < -0.39 is 12.0 Å². The van der Waals surface area contributed by atoms with Crippen molar-refractivity contribution in [2.24, 2.45) is 5.92 Å². The van der Waals surface area contributed by atoms with Gasteiger partial charge in [-0.15, -0.1) is 11.8 Å². The highest BCUT2D eigenvalue weighted by molar-refractivity contribution is 7.99. The monoisotopic (exact) mass is 284 g/mol. The van der Waals surface area contributed by atoms with Crippen LogP contribution in [0.1, 0.15) is 28.1 Å². The lowest BCUT2D eigenvalue weighted by atomic mass is 9.86. The zero-order chi connectivity index (χ0) is 14.1. The molecule has 20 heavy (non-hydrogen) atoms. The van der Waals surface area contributed by atoms with Crippen LogP contribution in [0, 0.1) is 5.92 Å². The molecular formula is C17H16O2S. The number of hydrogen-bond donors (Lipinski definition) is 1. The molecule has 0 fully saturated rings. The summed E-state index contributed by atoms with van der Waals surface area (Å²) in [7, 11) is 0. The number of hydrogen-bond acceptors (Lipinski definition) is 3. The second-order valence-electron chi connectivity index (χ2n) is 5.08. The first kappa shape index (κ1) is 13.4. The Bertz CT molecular complexity index is 622. The number of Topliss-reactive ketones (excluding diaryl/α,β-unsaturated/α-hetero) is 1. The maximum atomic E-state index is 12.7. The van der Waals surface area contributed by atoms with E-state index in [1.807, 2.05) is 54.6 Å². The van der Waals surface area contributed by atoms with Crippen LogP contribution in [0.4, 0.5) is 0 Å². The molecule has 2 nitrogen and oxygen atoms in total. The number of rotatable bonds is 2. The number of aliphatic hydroxyl groups is 1. The van der Waals surface area contributed by atoms with Crippen LogP contribution < -0.4 is 0 Å². The molecule has 0 spiro atoms. The molecule has 0 saturated heterocycles. The molecule has 0 bridgehead atoms. The Morgan fingerprint density at radius 3 is 2.40 bits per heavy atom. The molecule has 0 unspecified atom stereocenters. The summed E-state index contributed by atoms with van der Waals surface area (Å²) >= 11 is 1.67. The Morgan fingerprint density at radius 2 is 1.70 bits per heavy atom. The first-order valence-electron chi connectivity index (χ1n) is 6.71. The van der Waals surface area contributed by atoms with E-state index >= 15 is 0 Å². The Balaban J connectivity index is 2.08. The van der Waals surface area contributed by atoms with Gasteiger partial charge < -0.3 is 5.11 Å². The second-order valence-corrected chi connectivity index (χ2v) is 6.26. The summed E-state index contributed by atoms with van der Waals surface area (Å²) in [5.41, 5.74) is 1.82. The van der Waals surface area contributed by atoms with Crippen LogP contribution in [-0.4, -0.2) is 17.0 Å². The zero-order valence-electron chi connectivity index (χ0n) is 11.2. The molecule has 0 aromatic heterocycles. The SMILES string of the molecule is C[C@@H](O)[C@@H]1C(=O)c2ccccc2S[C@@H]1c1ccccc1. The van der Waals surface area contributed by atoms with Gasteiger partial charge in [0.05, 0.1) is 12.0 Å². The van der Waals surface area contributed by atoms with Gasteiger partial charge in [0.1, 0.15) is 0 Å². The first-order valence-corrected chi connectivity index (χ1v) is 7.59. The van der Waals surface area contributed by atoms with E-state index in [-0.39, 0.29) is 11.0 Å². The predicted octanol–water partition coefficient (Wildman–Crippen LogP) is 3.71. The third-order valence-corrected chi connectivity index (χ3v) is 5.11. The molecule has 1 heterocycles. The Kier molecular flexibility index (Phi) is 3.64. The molecule has 3 rings (SSSR count). The fraction of sp³-hybridized carbons (Fsp3) is 0.235. The van der Waals surface area contributed by atoms with Crippen molar-refractivity contribution < 1.29 is 9.90 Å². The van der Waals surface area contributed by atoms with Crippen molar-refractivity contribution in [2.75, 3.05) is 0 Å². The van der Waals surface area contributed by atoms with Gasteiger partial charge in [-0.1, -0.05) is 48.5 Å². The van der Waals surface area contributed by atoms with Gasteiger partial charge in [0.25, 0.3) is 0 Å². The van der Waals surface area contributed by atoms with Crippen LogP contribution in [0.25, 0.3) is 0 Å². The number of ketones is 1. The average molecular weight is 284 g/mol. The van der Waals surface area contributed by atoms with Crippen molar-refractivity contribution in [2.45, 2.75) is 23.2 Å². The summed E-state index contributed by atoms with van der Waals surface area (Å²) in [6, 6.07) is 17.6. The number of benzene rings is 2. The number of thioether (sulfide) groups is 1. The van der Waals surface area contributed by atoms with Crippen LogP contribution in [-0.2, 0) is 0 Å². The van der Waals surface area contributed by atoms with Crippen molar-refractivity contribution in [3.05, 3.63) is 65.7 Å². The Labute approximate surface area is 122 Å². The molecule has 102 valence electrons. The maximum absolute atomic E-state index is 12.7. The fourth-order valence-corrected chi connectivity index (χ4v) is 4.21.